The number of aromatic nitrogens is 1. The van der Waals surface area contributed by atoms with E-state index < -0.39 is 0 Å². The van der Waals surface area contributed by atoms with Gasteiger partial charge in [-0.1, -0.05) is 0 Å². The van der Waals surface area contributed by atoms with Crippen LogP contribution in [0.15, 0.2) is 18.3 Å². The maximum Gasteiger partial charge on any atom is 0.255 e. The van der Waals surface area contributed by atoms with Gasteiger partial charge in [0.15, 0.2) is 0 Å². The van der Waals surface area contributed by atoms with Gasteiger partial charge in [0, 0.05) is 25.0 Å². The van der Waals surface area contributed by atoms with Gasteiger partial charge in [-0.05, 0) is 26.0 Å². The Morgan fingerprint density at radius 3 is 2.73 bits per heavy atom. The summed E-state index contributed by atoms with van der Waals surface area (Å²) in [5, 5.41) is 8.80. The minimum absolute atomic E-state index is 0.0150. The van der Waals surface area contributed by atoms with Crippen molar-refractivity contribution in [2.24, 2.45) is 0 Å². The predicted molar refractivity (Wildman–Crippen MR) is 57.6 cm³/mol. The summed E-state index contributed by atoms with van der Waals surface area (Å²) in [5.41, 5.74) is 1.45. The number of aliphatic hydroxyl groups excluding tert-OH is 1. The first kappa shape index (κ1) is 11.7. The lowest BCUT2D eigenvalue weighted by molar-refractivity contribution is 0.0731. The van der Waals surface area contributed by atoms with Crippen molar-refractivity contribution in [3.8, 4) is 0 Å². The third-order valence-corrected chi connectivity index (χ3v) is 2.20. The van der Waals surface area contributed by atoms with Gasteiger partial charge in [-0.2, -0.15) is 0 Å². The van der Waals surface area contributed by atoms with Crippen LogP contribution >= 0.6 is 0 Å². The molecule has 15 heavy (non-hydrogen) atoms. The molecule has 0 aliphatic rings. The molecule has 0 bridgehead atoms. The summed E-state index contributed by atoms with van der Waals surface area (Å²) in [6, 6.07) is 3.56. The highest BCUT2D eigenvalue weighted by molar-refractivity contribution is 5.93. The molecule has 0 unspecified atom stereocenters. The summed E-state index contributed by atoms with van der Waals surface area (Å²) >= 11 is 0. The van der Waals surface area contributed by atoms with Gasteiger partial charge in [-0.3, -0.25) is 9.78 Å². The first-order valence-corrected chi connectivity index (χ1v) is 5.01. The fourth-order valence-corrected chi connectivity index (χ4v) is 1.30. The van der Waals surface area contributed by atoms with Gasteiger partial charge in [0.05, 0.1) is 12.2 Å². The molecule has 82 valence electrons. The number of aryl methyl sites for hydroxylation is 1. The van der Waals surface area contributed by atoms with E-state index in [0.717, 1.165) is 5.69 Å². The Balaban J connectivity index is 2.78. The molecule has 1 aromatic rings. The summed E-state index contributed by atoms with van der Waals surface area (Å²) in [4.78, 5) is 17.5. The van der Waals surface area contributed by atoms with Crippen LogP contribution in [-0.4, -0.2) is 40.6 Å². The lowest BCUT2D eigenvalue weighted by atomic mass is 10.2. The largest absolute Gasteiger partial charge is 0.395 e. The Morgan fingerprint density at radius 1 is 1.53 bits per heavy atom. The molecular weight excluding hydrogens is 192 g/mol. The monoisotopic (exact) mass is 208 g/mol. The highest BCUT2D eigenvalue weighted by atomic mass is 16.3. The van der Waals surface area contributed by atoms with Crippen LogP contribution in [0.5, 0.6) is 0 Å². The van der Waals surface area contributed by atoms with Crippen molar-refractivity contribution >= 4 is 5.91 Å². The summed E-state index contributed by atoms with van der Waals surface area (Å²) in [5.74, 6) is -0.0842. The van der Waals surface area contributed by atoms with Crippen LogP contribution in [0, 0.1) is 6.92 Å². The summed E-state index contributed by atoms with van der Waals surface area (Å²) in [6.45, 7) is 4.70. The lowest BCUT2D eigenvalue weighted by Crippen LogP contribution is -2.33. The molecule has 0 atom stereocenters. The Kier molecular flexibility index (Phi) is 4.24. The van der Waals surface area contributed by atoms with E-state index in [1.165, 1.54) is 0 Å². The van der Waals surface area contributed by atoms with Crippen molar-refractivity contribution in [2.45, 2.75) is 13.8 Å². The topological polar surface area (TPSA) is 53.4 Å². The molecule has 1 aromatic heterocycles. The van der Waals surface area contributed by atoms with Gasteiger partial charge >= 0.3 is 0 Å². The van der Waals surface area contributed by atoms with Crippen LogP contribution in [0.4, 0.5) is 0 Å². The number of likely N-dealkylation sites (N-methyl/N-ethyl adjacent to an activating group) is 1. The second-order valence-corrected chi connectivity index (χ2v) is 3.30. The number of amides is 1. The lowest BCUT2D eigenvalue weighted by Gasteiger charge is -2.19. The standard InChI is InChI=1S/C11H16N2O2/c1-3-13(6-7-14)11(15)10-5-4-9(2)12-8-10/h4-5,8,14H,3,6-7H2,1-2H3. The summed E-state index contributed by atoms with van der Waals surface area (Å²) in [6.07, 6.45) is 1.57. The van der Waals surface area contributed by atoms with E-state index >= 15 is 0 Å². The van der Waals surface area contributed by atoms with Crippen LogP contribution in [0.2, 0.25) is 0 Å². The number of rotatable bonds is 4. The van der Waals surface area contributed by atoms with Gasteiger partial charge < -0.3 is 10.0 Å². The number of carbonyl (C=O) groups is 1. The molecule has 0 spiro atoms. The van der Waals surface area contributed by atoms with Crippen molar-refractivity contribution in [3.05, 3.63) is 29.6 Å². The van der Waals surface area contributed by atoms with E-state index in [0.29, 0.717) is 18.7 Å². The number of carbonyl (C=O) groups excluding carboxylic acids is 1. The third kappa shape index (κ3) is 3.02. The Labute approximate surface area is 89.6 Å². The number of pyridine rings is 1. The van der Waals surface area contributed by atoms with Crippen LogP contribution in [0.25, 0.3) is 0 Å². The molecule has 1 N–H and O–H groups in total. The van der Waals surface area contributed by atoms with E-state index in [1.54, 1.807) is 23.2 Å². The number of aliphatic hydroxyl groups is 1. The molecule has 0 aromatic carbocycles. The van der Waals surface area contributed by atoms with Crippen molar-refractivity contribution in [1.82, 2.24) is 9.88 Å². The first-order chi connectivity index (χ1) is 7.19. The van der Waals surface area contributed by atoms with Gasteiger partial charge in [0.2, 0.25) is 0 Å². The predicted octanol–water partition coefficient (Wildman–Crippen LogP) is 0.844. The quantitative estimate of drug-likeness (QED) is 0.798. The normalized spacial score (nSPS) is 10.1. The zero-order valence-corrected chi connectivity index (χ0v) is 9.10. The summed E-state index contributed by atoms with van der Waals surface area (Å²) < 4.78 is 0. The zero-order chi connectivity index (χ0) is 11.3. The molecule has 4 heteroatoms. The smallest absolute Gasteiger partial charge is 0.255 e. The minimum atomic E-state index is -0.0842. The molecular formula is C11H16N2O2. The van der Waals surface area contributed by atoms with Gasteiger partial charge in [0.25, 0.3) is 5.91 Å². The van der Waals surface area contributed by atoms with Crippen LogP contribution < -0.4 is 0 Å². The highest BCUT2D eigenvalue weighted by Crippen LogP contribution is 2.04. The van der Waals surface area contributed by atoms with E-state index in [2.05, 4.69) is 4.98 Å². The van der Waals surface area contributed by atoms with E-state index in [9.17, 15) is 4.79 Å². The molecule has 0 aliphatic carbocycles. The van der Waals surface area contributed by atoms with Gasteiger partial charge in [-0.25, -0.2) is 0 Å². The van der Waals surface area contributed by atoms with E-state index in [4.69, 9.17) is 5.11 Å². The molecule has 0 saturated carbocycles. The molecule has 0 fully saturated rings. The highest BCUT2D eigenvalue weighted by Gasteiger charge is 2.13. The average Bonchev–Trinajstić information content (AvgIpc) is 2.26. The number of hydrogen-bond donors (Lipinski definition) is 1. The van der Waals surface area contributed by atoms with Crippen molar-refractivity contribution in [2.75, 3.05) is 19.7 Å². The first-order valence-electron chi connectivity index (χ1n) is 5.01. The molecule has 0 radical (unpaired) electrons. The van der Waals surface area contributed by atoms with Crippen molar-refractivity contribution < 1.29 is 9.90 Å². The van der Waals surface area contributed by atoms with E-state index in [1.807, 2.05) is 13.8 Å². The SMILES string of the molecule is CCN(CCO)C(=O)c1ccc(C)nc1. The van der Waals surface area contributed by atoms with E-state index in [-0.39, 0.29) is 12.5 Å². The van der Waals surface area contributed by atoms with Crippen molar-refractivity contribution in [3.63, 3.8) is 0 Å². The molecule has 1 rings (SSSR count). The fraction of sp³-hybridized carbons (Fsp3) is 0.455. The summed E-state index contributed by atoms with van der Waals surface area (Å²) in [7, 11) is 0. The minimum Gasteiger partial charge on any atom is -0.395 e. The Morgan fingerprint density at radius 2 is 2.27 bits per heavy atom. The molecule has 1 amide bonds. The van der Waals surface area contributed by atoms with Crippen LogP contribution in [0.1, 0.15) is 23.0 Å². The fourth-order valence-electron chi connectivity index (χ4n) is 1.30. The maximum atomic E-state index is 11.9. The second kappa shape index (κ2) is 5.46. The Hall–Kier alpha value is -1.42. The van der Waals surface area contributed by atoms with Gasteiger partial charge in [0.1, 0.15) is 0 Å². The van der Waals surface area contributed by atoms with Gasteiger partial charge in [-0.15, -0.1) is 0 Å². The average molecular weight is 208 g/mol. The van der Waals surface area contributed by atoms with Crippen LogP contribution in [-0.2, 0) is 0 Å². The molecule has 0 saturated heterocycles. The molecule has 0 aliphatic heterocycles. The number of hydrogen-bond acceptors (Lipinski definition) is 3. The maximum absolute atomic E-state index is 11.9. The van der Waals surface area contributed by atoms with Crippen LogP contribution in [0.3, 0.4) is 0 Å². The zero-order valence-electron chi connectivity index (χ0n) is 9.10. The Bertz CT molecular complexity index is 322. The third-order valence-electron chi connectivity index (χ3n) is 2.20. The second-order valence-electron chi connectivity index (χ2n) is 3.30. The number of nitrogens with zero attached hydrogens (tertiary/aromatic N) is 2. The molecule has 4 nitrogen and oxygen atoms in total. The molecule has 1 heterocycles. The van der Waals surface area contributed by atoms with Crippen molar-refractivity contribution in [1.29, 1.82) is 0 Å².